The lowest BCUT2D eigenvalue weighted by atomic mass is 10.0. The van der Waals surface area contributed by atoms with Crippen LogP contribution in [0.2, 0.25) is 5.02 Å². The average Bonchev–Trinajstić information content (AvgIpc) is 3.09. The summed E-state index contributed by atoms with van der Waals surface area (Å²) in [6.45, 7) is 5.93. The highest BCUT2D eigenvalue weighted by atomic mass is 35.5. The molecule has 0 aliphatic rings. The van der Waals surface area contributed by atoms with Crippen LogP contribution in [0.5, 0.6) is 0 Å². The van der Waals surface area contributed by atoms with Crippen LogP contribution >= 0.6 is 23.4 Å². The maximum absolute atomic E-state index is 14.3. The first-order valence-electron chi connectivity index (χ1n) is 9.26. The van der Waals surface area contributed by atoms with Crippen LogP contribution in [0.1, 0.15) is 33.6 Å². The Hall–Kier alpha value is -2.44. The second-order valence-corrected chi connectivity index (χ2v) is 8.37. The maximum atomic E-state index is 14.3. The van der Waals surface area contributed by atoms with Gasteiger partial charge in [-0.25, -0.2) is 13.9 Å². The second-order valence-electron chi connectivity index (χ2n) is 7.02. The molecule has 4 aromatic rings. The summed E-state index contributed by atoms with van der Waals surface area (Å²) in [7, 11) is 0. The molecule has 148 valence electrons. The van der Waals surface area contributed by atoms with Crippen molar-refractivity contribution < 1.29 is 4.39 Å². The molecule has 0 radical (unpaired) electrons. The highest BCUT2D eigenvalue weighted by Crippen LogP contribution is 2.26. The molecule has 0 N–H and O–H groups in total. The molecule has 4 rings (SSSR count). The molecule has 7 heteroatoms. The molecule has 0 aliphatic carbocycles. The van der Waals surface area contributed by atoms with Crippen molar-refractivity contribution in [1.82, 2.24) is 19.6 Å². The number of hydrogen-bond acceptors (Lipinski definition) is 4. The first-order valence-corrected chi connectivity index (χ1v) is 10.6. The van der Waals surface area contributed by atoms with E-state index in [1.54, 1.807) is 28.4 Å². The minimum absolute atomic E-state index is 0.315. The van der Waals surface area contributed by atoms with Gasteiger partial charge in [0.05, 0.1) is 0 Å². The van der Waals surface area contributed by atoms with E-state index in [4.69, 9.17) is 11.6 Å². The zero-order valence-corrected chi connectivity index (χ0v) is 18.0. The van der Waals surface area contributed by atoms with Gasteiger partial charge in [0, 0.05) is 34.1 Å². The summed E-state index contributed by atoms with van der Waals surface area (Å²) in [5.41, 5.74) is 5.52. The molecule has 0 aliphatic heterocycles. The van der Waals surface area contributed by atoms with Crippen molar-refractivity contribution in [3.63, 3.8) is 0 Å². The molecule has 0 bridgehead atoms. The summed E-state index contributed by atoms with van der Waals surface area (Å²) in [6.07, 6.45) is 0.359. The smallest absolute Gasteiger partial charge is 0.216 e. The van der Waals surface area contributed by atoms with Gasteiger partial charge in [0.25, 0.3) is 5.78 Å². The van der Waals surface area contributed by atoms with E-state index in [9.17, 15) is 4.39 Å². The zero-order valence-electron chi connectivity index (χ0n) is 16.4. The Balaban J connectivity index is 1.63. The highest BCUT2D eigenvalue weighted by Gasteiger charge is 2.17. The van der Waals surface area contributed by atoms with Crippen LogP contribution in [-0.4, -0.2) is 19.6 Å². The van der Waals surface area contributed by atoms with Gasteiger partial charge in [-0.15, -0.1) is 5.10 Å². The molecule has 4 nitrogen and oxygen atoms in total. The third kappa shape index (κ3) is 4.14. The molecule has 0 amide bonds. The molecule has 0 atom stereocenters. The summed E-state index contributed by atoms with van der Waals surface area (Å²) in [4.78, 5) is 9.14. The van der Waals surface area contributed by atoms with Crippen molar-refractivity contribution in [2.24, 2.45) is 0 Å². The van der Waals surface area contributed by atoms with Crippen molar-refractivity contribution in [3.05, 3.63) is 86.9 Å². The fourth-order valence-electron chi connectivity index (χ4n) is 3.22. The summed E-state index contributed by atoms with van der Waals surface area (Å²) < 4.78 is 16.0. The van der Waals surface area contributed by atoms with Gasteiger partial charge in [-0.2, -0.15) is 4.98 Å². The predicted molar refractivity (Wildman–Crippen MR) is 115 cm³/mol. The average molecular weight is 427 g/mol. The first kappa shape index (κ1) is 19.9. The minimum Gasteiger partial charge on any atom is -0.216 e. The Labute approximate surface area is 178 Å². The Kier molecular flexibility index (Phi) is 5.56. The third-order valence-electron chi connectivity index (χ3n) is 4.93. The molecule has 2 aromatic carbocycles. The van der Waals surface area contributed by atoms with Gasteiger partial charge in [0.2, 0.25) is 5.16 Å². The molecule has 0 spiro atoms. The number of thioether (sulfide) groups is 1. The number of rotatable bonds is 5. The van der Waals surface area contributed by atoms with E-state index in [0.717, 1.165) is 22.7 Å². The van der Waals surface area contributed by atoms with Gasteiger partial charge in [-0.3, -0.25) is 0 Å². The molecule has 2 aromatic heterocycles. The Morgan fingerprint density at radius 2 is 1.76 bits per heavy atom. The number of nitrogens with zero attached hydrogens (tertiary/aromatic N) is 4. The number of halogens is 2. The van der Waals surface area contributed by atoms with E-state index in [1.165, 1.54) is 17.2 Å². The third-order valence-corrected chi connectivity index (χ3v) is 6.20. The van der Waals surface area contributed by atoms with Gasteiger partial charge in [-0.05, 0) is 44.0 Å². The van der Waals surface area contributed by atoms with E-state index in [1.807, 2.05) is 13.8 Å². The topological polar surface area (TPSA) is 43.1 Å². The molecule has 0 fully saturated rings. The van der Waals surface area contributed by atoms with Crippen molar-refractivity contribution in [3.8, 4) is 0 Å². The van der Waals surface area contributed by atoms with Crippen molar-refractivity contribution >= 4 is 29.1 Å². The largest absolute Gasteiger partial charge is 0.253 e. The number of aryl methyl sites for hydroxylation is 3. The lowest BCUT2D eigenvalue weighted by Crippen LogP contribution is -2.07. The lowest BCUT2D eigenvalue weighted by Gasteiger charge is -2.12. The normalized spacial score (nSPS) is 11.3. The number of benzene rings is 2. The molecule has 29 heavy (non-hydrogen) atoms. The fraction of sp³-hybridized carbons (Fsp3) is 0.227. The number of aromatic nitrogens is 4. The summed E-state index contributed by atoms with van der Waals surface area (Å²) in [5, 5.41) is 5.69. The molecular formula is C22H20ClFN4S. The van der Waals surface area contributed by atoms with E-state index in [0.29, 0.717) is 27.9 Å². The zero-order chi connectivity index (χ0) is 20.5. The standard InChI is InChI=1S/C22H20ClFN4S/c1-13-7-9-16(10-8-13)12-29-22-26-21-25-14(2)17(15(3)28(21)27-22)11-18-19(23)5-4-6-20(18)24/h4-10H,11-12H2,1-3H3. The van der Waals surface area contributed by atoms with Crippen LogP contribution in [0, 0.1) is 26.6 Å². The second kappa shape index (κ2) is 8.13. The maximum Gasteiger partial charge on any atom is 0.253 e. The van der Waals surface area contributed by atoms with Crippen LogP contribution in [0.3, 0.4) is 0 Å². The van der Waals surface area contributed by atoms with E-state index >= 15 is 0 Å². The fourth-order valence-corrected chi connectivity index (χ4v) is 4.22. The molecular weight excluding hydrogens is 407 g/mol. The quantitative estimate of drug-likeness (QED) is 0.382. The van der Waals surface area contributed by atoms with Crippen LogP contribution in [0.25, 0.3) is 5.78 Å². The monoisotopic (exact) mass is 426 g/mol. The van der Waals surface area contributed by atoms with Crippen LogP contribution in [-0.2, 0) is 12.2 Å². The van der Waals surface area contributed by atoms with Gasteiger partial charge in [-0.1, -0.05) is 59.3 Å². The molecule has 2 heterocycles. The highest BCUT2D eigenvalue weighted by molar-refractivity contribution is 7.98. The number of fused-ring (bicyclic) bond motifs is 1. The minimum atomic E-state index is -0.315. The molecule has 0 unspecified atom stereocenters. The van der Waals surface area contributed by atoms with E-state index in [-0.39, 0.29) is 5.82 Å². The summed E-state index contributed by atoms with van der Waals surface area (Å²) in [5.74, 6) is 1.02. The van der Waals surface area contributed by atoms with Gasteiger partial charge < -0.3 is 0 Å². The molecule has 0 saturated heterocycles. The Bertz CT molecular complexity index is 1170. The van der Waals surface area contributed by atoms with Crippen molar-refractivity contribution in [1.29, 1.82) is 0 Å². The lowest BCUT2D eigenvalue weighted by molar-refractivity contribution is 0.613. The van der Waals surface area contributed by atoms with E-state index < -0.39 is 0 Å². The van der Waals surface area contributed by atoms with Crippen LogP contribution in [0.4, 0.5) is 4.39 Å². The van der Waals surface area contributed by atoms with Gasteiger partial charge in [0.15, 0.2) is 0 Å². The van der Waals surface area contributed by atoms with Crippen LogP contribution < -0.4 is 0 Å². The van der Waals surface area contributed by atoms with Crippen molar-refractivity contribution in [2.75, 3.05) is 0 Å². The SMILES string of the molecule is Cc1ccc(CSc2nc3nc(C)c(Cc4c(F)cccc4Cl)c(C)n3n2)cc1. The van der Waals surface area contributed by atoms with Crippen LogP contribution in [0.15, 0.2) is 47.6 Å². The molecule has 0 saturated carbocycles. The van der Waals surface area contributed by atoms with Gasteiger partial charge in [0.1, 0.15) is 5.82 Å². The predicted octanol–water partition coefficient (Wildman–Crippen LogP) is 5.73. The number of hydrogen-bond donors (Lipinski definition) is 0. The summed E-state index contributed by atoms with van der Waals surface area (Å²) >= 11 is 7.79. The van der Waals surface area contributed by atoms with E-state index in [2.05, 4.69) is 46.3 Å². The first-order chi connectivity index (χ1) is 13.9. The Morgan fingerprint density at radius 1 is 1.00 bits per heavy atom. The van der Waals surface area contributed by atoms with Gasteiger partial charge >= 0.3 is 0 Å². The van der Waals surface area contributed by atoms with Crippen molar-refractivity contribution in [2.45, 2.75) is 38.1 Å². The Morgan fingerprint density at radius 3 is 2.48 bits per heavy atom. The summed E-state index contributed by atoms with van der Waals surface area (Å²) in [6, 6.07) is 13.2.